The number of carbonyl (C=O) groups is 2. The molecule has 0 saturated carbocycles. The number of anilines is 1. The van der Waals surface area contributed by atoms with Crippen LogP contribution in [-0.2, 0) is 32.6 Å². The van der Waals surface area contributed by atoms with Crippen LogP contribution in [0.15, 0.2) is 102 Å². The highest BCUT2D eigenvalue weighted by atomic mass is 35.5. The third-order valence-corrected chi connectivity index (χ3v) is 10.3. The highest BCUT2D eigenvalue weighted by Crippen LogP contribution is 2.31. The quantitative estimate of drug-likeness (QED) is 0.160. The van der Waals surface area contributed by atoms with Gasteiger partial charge in [-0.1, -0.05) is 84.8 Å². The first kappa shape index (κ1) is 35.5. The summed E-state index contributed by atoms with van der Waals surface area (Å²) in [4.78, 5) is 30.2. The van der Waals surface area contributed by atoms with Crippen molar-refractivity contribution in [3.8, 4) is 5.75 Å². The van der Waals surface area contributed by atoms with Crippen LogP contribution in [-0.4, -0.2) is 50.9 Å². The van der Waals surface area contributed by atoms with Gasteiger partial charge in [0.1, 0.15) is 18.3 Å². The van der Waals surface area contributed by atoms with Gasteiger partial charge in [0.25, 0.3) is 10.0 Å². The lowest BCUT2D eigenvalue weighted by Crippen LogP contribution is -2.54. The number of aryl methyl sites for hydroxylation is 1. The predicted octanol–water partition coefficient (Wildman–Crippen LogP) is 6.72. The maximum atomic E-state index is 14.7. The molecule has 4 aromatic rings. The van der Waals surface area contributed by atoms with E-state index in [1.165, 1.54) is 17.0 Å². The number of hydrogen-bond acceptors (Lipinski definition) is 5. The molecule has 0 unspecified atom stereocenters. The van der Waals surface area contributed by atoms with E-state index in [0.29, 0.717) is 22.8 Å². The standard InChI is InChI=1S/C37H42ClN3O5S/c1-6-27(3)39-37(43)35(23-29-12-8-7-9-13-29)40(24-30-14-10-15-31(22-30)46-5)36(42)25-41(34-17-11-16-33(38)28(34)4)47(44,45)32-20-18-26(2)19-21-32/h7-22,27,35H,6,23-25H2,1-5H3,(H,39,43)/t27-,35+/m0/s1. The van der Waals surface area contributed by atoms with E-state index >= 15 is 0 Å². The summed E-state index contributed by atoms with van der Waals surface area (Å²) in [6.45, 7) is 6.93. The van der Waals surface area contributed by atoms with Gasteiger partial charge < -0.3 is 15.0 Å². The molecule has 0 aromatic heterocycles. The van der Waals surface area contributed by atoms with E-state index in [1.807, 2.05) is 63.2 Å². The first-order chi connectivity index (χ1) is 22.4. The van der Waals surface area contributed by atoms with Gasteiger partial charge in [0.05, 0.1) is 17.7 Å². The van der Waals surface area contributed by atoms with Crippen LogP contribution in [0, 0.1) is 13.8 Å². The Bertz CT molecular complexity index is 1780. The number of benzene rings is 4. The van der Waals surface area contributed by atoms with Crippen LogP contribution in [0.4, 0.5) is 5.69 Å². The number of hydrogen-bond donors (Lipinski definition) is 1. The Morgan fingerprint density at radius 3 is 2.21 bits per heavy atom. The van der Waals surface area contributed by atoms with Crippen LogP contribution < -0.4 is 14.4 Å². The van der Waals surface area contributed by atoms with Crippen molar-refractivity contribution in [1.29, 1.82) is 0 Å². The minimum Gasteiger partial charge on any atom is -0.497 e. The Balaban J connectivity index is 1.85. The number of amides is 2. The average Bonchev–Trinajstić information content (AvgIpc) is 3.07. The second-order valence-electron chi connectivity index (χ2n) is 11.6. The lowest BCUT2D eigenvalue weighted by Gasteiger charge is -2.34. The summed E-state index contributed by atoms with van der Waals surface area (Å²) in [7, 11) is -2.69. The molecule has 10 heteroatoms. The number of nitrogens with zero attached hydrogens (tertiary/aromatic N) is 2. The van der Waals surface area contributed by atoms with Crippen LogP contribution in [0.5, 0.6) is 5.75 Å². The van der Waals surface area contributed by atoms with E-state index in [4.69, 9.17) is 16.3 Å². The Morgan fingerprint density at radius 1 is 0.894 bits per heavy atom. The van der Waals surface area contributed by atoms with Gasteiger partial charge in [0.15, 0.2) is 0 Å². The Hall–Kier alpha value is -4.34. The summed E-state index contributed by atoms with van der Waals surface area (Å²) in [5.41, 5.74) is 3.25. The van der Waals surface area contributed by atoms with Crippen molar-refractivity contribution in [2.24, 2.45) is 0 Å². The van der Waals surface area contributed by atoms with E-state index in [-0.39, 0.29) is 35.5 Å². The van der Waals surface area contributed by atoms with Crippen molar-refractivity contribution in [1.82, 2.24) is 10.2 Å². The molecular formula is C37H42ClN3O5S. The summed E-state index contributed by atoms with van der Waals surface area (Å²) in [5.74, 6) is -0.286. The molecule has 1 N–H and O–H groups in total. The second kappa shape index (κ2) is 16.0. The highest BCUT2D eigenvalue weighted by molar-refractivity contribution is 7.92. The lowest BCUT2D eigenvalue weighted by molar-refractivity contribution is -0.140. The molecular weight excluding hydrogens is 634 g/mol. The van der Waals surface area contributed by atoms with E-state index in [1.54, 1.807) is 56.5 Å². The van der Waals surface area contributed by atoms with E-state index in [0.717, 1.165) is 21.0 Å². The summed E-state index contributed by atoms with van der Waals surface area (Å²) in [6, 6.07) is 27.0. The molecule has 0 aliphatic carbocycles. The molecule has 8 nitrogen and oxygen atoms in total. The number of sulfonamides is 1. The number of rotatable bonds is 14. The van der Waals surface area contributed by atoms with Crippen molar-refractivity contribution in [3.63, 3.8) is 0 Å². The molecule has 2 atom stereocenters. The number of methoxy groups -OCH3 is 1. The molecule has 0 spiro atoms. The summed E-state index contributed by atoms with van der Waals surface area (Å²) in [6.07, 6.45) is 0.921. The zero-order chi connectivity index (χ0) is 34.1. The monoisotopic (exact) mass is 675 g/mol. The minimum absolute atomic E-state index is 0.0324. The molecule has 0 bridgehead atoms. The number of ether oxygens (including phenoxy) is 1. The third kappa shape index (κ3) is 8.93. The number of carbonyl (C=O) groups excluding carboxylic acids is 2. The molecule has 0 aliphatic rings. The Morgan fingerprint density at radius 2 is 1.55 bits per heavy atom. The molecule has 2 amide bonds. The highest BCUT2D eigenvalue weighted by Gasteiger charge is 2.35. The van der Waals surface area contributed by atoms with Crippen LogP contribution >= 0.6 is 11.6 Å². The average molecular weight is 676 g/mol. The van der Waals surface area contributed by atoms with Crippen molar-refractivity contribution >= 4 is 39.1 Å². The Kier molecular flexibility index (Phi) is 12.1. The van der Waals surface area contributed by atoms with Crippen molar-refractivity contribution in [2.75, 3.05) is 18.0 Å². The van der Waals surface area contributed by atoms with Crippen LogP contribution in [0.1, 0.15) is 42.5 Å². The van der Waals surface area contributed by atoms with Gasteiger partial charge >= 0.3 is 0 Å². The SMILES string of the molecule is CC[C@H](C)NC(=O)[C@@H](Cc1ccccc1)N(Cc1cccc(OC)c1)C(=O)CN(c1cccc(Cl)c1C)S(=O)(=O)c1ccc(C)cc1. The fraction of sp³-hybridized carbons (Fsp3) is 0.297. The smallest absolute Gasteiger partial charge is 0.264 e. The molecule has 0 radical (unpaired) electrons. The fourth-order valence-electron chi connectivity index (χ4n) is 5.18. The van der Waals surface area contributed by atoms with Crippen LogP contribution in [0.2, 0.25) is 5.02 Å². The van der Waals surface area contributed by atoms with Gasteiger partial charge in [0.2, 0.25) is 11.8 Å². The van der Waals surface area contributed by atoms with E-state index in [9.17, 15) is 18.0 Å². The lowest BCUT2D eigenvalue weighted by atomic mass is 10.0. The molecule has 47 heavy (non-hydrogen) atoms. The summed E-state index contributed by atoms with van der Waals surface area (Å²) >= 11 is 6.47. The van der Waals surface area contributed by atoms with Crippen LogP contribution in [0.25, 0.3) is 0 Å². The van der Waals surface area contributed by atoms with Gasteiger partial charge in [0, 0.05) is 24.0 Å². The van der Waals surface area contributed by atoms with Gasteiger partial charge in [-0.15, -0.1) is 0 Å². The summed E-state index contributed by atoms with van der Waals surface area (Å²) in [5, 5.41) is 3.41. The largest absolute Gasteiger partial charge is 0.497 e. The Labute approximate surface area is 283 Å². The van der Waals surface area contributed by atoms with Gasteiger partial charge in [-0.05, 0) is 80.3 Å². The number of nitrogens with one attached hydrogen (secondary N) is 1. The molecule has 4 rings (SSSR count). The molecule has 248 valence electrons. The maximum absolute atomic E-state index is 14.7. The fourth-order valence-corrected chi connectivity index (χ4v) is 6.82. The first-order valence-electron chi connectivity index (χ1n) is 15.6. The van der Waals surface area contributed by atoms with Gasteiger partial charge in [-0.25, -0.2) is 8.42 Å². The van der Waals surface area contributed by atoms with Crippen LogP contribution in [0.3, 0.4) is 0 Å². The topological polar surface area (TPSA) is 96.0 Å². The molecule has 0 fully saturated rings. The normalized spacial score (nSPS) is 12.6. The molecule has 0 saturated heterocycles. The summed E-state index contributed by atoms with van der Waals surface area (Å²) < 4.78 is 35.1. The van der Waals surface area contributed by atoms with E-state index < -0.39 is 28.5 Å². The van der Waals surface area contributed by atoms with Crippen molar-refractivity contribution < 1.29 is 22.7 Å². The second-order valence-corrected chi connectivity index (χ2v) is 13.9. The molecule has 4 aromatic carbocycles. The molecule has 0 aliphatic heterocycles. The van der Waals surface area contributed by atoms with E-state index in [2.05, 4.69) is 5.32 Å². The predicted molar refractivity (Wildman–Crippen MR) is 187 cm³/mol. The van der Waals surface area contributed by atoms with Gasteiger partial charge in [-0.3, -0.25) is 13.9 Å². The number of halogens is 1. The zero-order valence-corrected chi connectivity index (χ0v) is 29.0. The maximum Gasteiger partial charge on any atom is 0.264 e. The first-order valence-corrected chi connectivity index (χ1v) is 17.4. The van der Waals surface area contributed by atoms with Crippen molar-refractivity contribution in [2.45, 2.75) is 64.1 Å². The molecule has 0 heterocycles. The minimum atomic E-state index is -4.24. The third-order valence-electron chi connectivity index (χ3n) is 8.15. The zero-order valence-electron chi connectivity index (χ0n) is 27.4. The van der Waals surface area contributed by atoms with Gasteiger partial charge in [-0.2, -0.15) is 0 Å². The van der Waals surface area contributed by atoms with Crippen molar-refractivity contribution in [3.05, 3.63) is 124 Å².